The van der Waals surface area contributed by atoms with Gasteiger partial charge in [0.15, 0.2) is 6.61 Å². The third kappa shape index (κ3) is 4.09. The second kappa shape index (κ2) is 8.04. The molecular formula is C21H18F2N2O3. The molecule has 28 heavy (non-hydrogen) atoms. The highest BCUT2D eigenvalue weighted by Gasteiger charge is 2.19. The van der Waals surface area contributed by atoms with Gasteiger partial charge in [0.05, 0.1) is 11.3 Å². The van der Waals surface area contributed by atoms with Crippen LogP contribution in [0.4, 0.5) is 14.5 Å². The number of aromatic nitrogens is 1. The zero-order valence-corrected chi connectivity index (χ0v) is 15.3. The van der Waals surface area contributed by atoms with Crippen LogP contribution >= 0.6 is 0 Å². The maximum Gasteiger partial charge on any atom is 0.340 e. The van der Waals surface area contributed by atoms with E-state index >= 15 is 0 Å². The summed E-state index contributed by atoms with van der Waals surface area (Å²) in [4.78, 5) is 24.3. The highest BCUT2D eigenvalue weighted by molar-refractivity contribution is 5.96. The average Bonchev–Trinajstić information content (AvgIpc) is 2.97. The van der Waals surface area contributed by atoms with E-state index in [9.17, 15) is 18.4 Å². The standard InChI is InChI=1S/C21H18F2N2O3/c1-13-10-17(14(2)25(13)16-6-4-3-5-7-16)21(27)28-12-20(26)24-19-9-8-15(22)11-18(19)23/h3-11H,12H2,1-2H3,(H,24,26). The first-order chi connectivity index (χ1) is 13.4. The van der Waals surface area contributed by atoms with E-state index in [0.29, 0.717) is 17.3 Å². The molecule has 1 N–H and O–H groups in total. The summed E-state index contributed by atoms with van der Waals surface area (Å²) in [5.74, 6) is -3.05. The Morgan fingerprint density at radius 2 is 1.75 bits per heavy atom. The molecular weight excluding hydrogens is 366 g/mol. The van der Waals surface area contributed by atoms with Crippen LogP contribution in [0.5, 0.6) is 0 Å². The van der Waals surface area contributed by atoms with Crippen molar-refractivity contribution >= 4 is 17.6 Å². The molecule has 0 unspecified atom stereocenters. The van der Waals surface area contributed by atoms with Gasteiger partial charge in [0.25, 0.3) is 5.91 Å². The minimum absolute atomic E-state index is 0.190. The number of hydrogen-bond donors (Lipinski definition) is 1. The van der Waals surface area contributed by atoms with Crippen molar-refractivity contribution in [1.82, 2.24) is 4.57 Å². The van der Waals surface area contributed by atoms with E-state index in [-0.39, 0.29) is 5.69 Å². The fourth-order valence-corrected chi connectivity index (χ4v) is 2.93. The van der Waals surface area contributed by atoms with Crippen molar-refractivity contribution in [2.75, 3.05) is 11.9 Å². The number of carbonyl (C=O) groups excluding carboxylic acids is 2. The smallest absolute Gasteiger partial charge is 0.340 e. The molecule has 3 aromatic rings. The number of amides is 1. The SMILES string of the molecule is Cc1cc(C(=O)OCC(=O)Nc2ccc(F)cc2F)c(C)n1-c1ccccc1. The summed E-state index contributed by atoms with van der Waals surface area (Å²) in [5, 5.41) is 2.24. The Labute approximate surface area is 160 Å². The Morgan fingerprint density at radius 3 is 2.43 bits per heavy atom. The zero-order chi connectivity index (χ0) is 20.3. The van der Waals surface area contributed by atoms with E-state index in [1.165, 1.54) is 0 Å². The number of nitrogens with one attached hydrogen (secondary N) is 1. The number of carbonyl (C=O) groups is 2. The van der Waals surface area contributed by atoms with E-state index in [1.54, 1.807) is 13.0 Å². The number of benzene rings is 2. The molecule has 0 aliphatic rings. The molecule has 3 rings (SSSR count). The zero-order valence-electron chi connectivity index (χ0n) is 15.3. The van der Waals surface area contributed by atoms with Gasteiger partial charge in [-0.15, -0.1) is 0 Å². The third-order valence-electron chi connectivity index (χ3n) is 4.21. The molecule has 1 amide bonds. The first-order valence-corrected chi connectivity index (χ1v) is 8.53. The number of anilines is 1. The molecule has 0 saturated heterocycles. The number of nitrogens with zero attached hydrogens (tertiary/aromatic N) is 1. The van der Waals surface area contributed by atoms with Crippen LogP contribution in [-0.4, -0.2) is 23.1 Å². The van der Waals surface area contributed by atoms with Crippen LogP contribution in [0, 0.1) is 25.5 Å². The lowest BCUT2D eigenvalue weighted by atomic mass is 10.2. The normalized spacial score (nSPS) is 10.6. The Balaban J connectivity index is 1.68. The maximum absolute atomic E-state index is 13.6. The summed E-state index contributed by atoms with van der Waals surface area (Å²) in [6, 6.07) is 14.0. The van der Waals surface area contributed by atoms with Crippen molar-refractivity contribution in [2.24, 2.45) is 0 Å². The molecule has 7 heteroatoms. The fourth-order valence-electron chi connectivity index (χ4n) is 2.93. The van der Waals surface area contributed by atoms with Crippen molar-refractivity contribution < 1.29 is 23.1 Å². The molecule has 1 aromatic heterocycles. The van der Waals surface area contributed by atoms with Crippen LogP contribution in [0.1, 0.15) is 21.7 Å². The molecule has 0 aliphatic carbocycles. The van der Waals surface area contributed by atoms with Crippen molar-refractivity contribution in [1.29, 1.82) is 0 Å². The molecule has 0 fully saturated rings. The number of halogens is 2. The molecule has 0 spiro atoms. The van der Waals surface area contributed by atoms with E-state index in [1.807, 2.05) is 41.8 Å². The molecule has 0 saturated carbocycles. The number of aryl methyl sites for hydroxylation is 1. The molecule has 0 atom stereocenters. The summed E-state index contributed by atoms with van der Waals surface area (Å²) >= 11 is 0. The third-order valence-corrected chi connectivity index (χ3v) is 4.21. The van der Waals surface area contributed by atoms with Crippen LogP contribution in [0.15, 0.2) is 54.6 Å². The van der Waals surface area contributed by atoms with E-state index in [4.69, 9.17) is 4.74 Å². The van der Waals surface area contributed by atoms with Gasteiger partial charge in [0.1, 0.15) is 11.6 Å². The minimum atomic E-state index is -0.911. The van der Waals surface area contributed by atoms with Gasteiger partial charge in [0, 0.05) is 23.1 Å². The summed E-state index contributed by atoms with van der Waals surface area (Å²) in [7, 11) is 0. The second-order valence-electron chi connectivity index (χ2n) is 6.20. The minimum Gasteiger partial charge on any atom is -0.452 e. The molecule has 0 bridgehead atoms. The van der Waals surface area contributed by atoms with Crippen LogP contribution in [0.25, 0.3) is 5.69 Å². The van der Waals surface area contributed by atoms with E-state index in [0.717, 1.165) is 23.5 Å². The van der Waals surface area contributed by atoms with Crippen molar-refractivity contribution in [2.45, 2.75) is 13.8 Å². The Bertz CT molecular complexity index is 1030. The predicted octanol–water partition coefficient (Wildman–Crippen LogP) is 4.17. The first kappa shape index (κ1) is 19.3. The second-order valence-corrected chi connectivity index (χ2v) is 6.20. The molecule has 144 valence electrons. The molecule has 1 heterocycles. The van der Waals surface area contributed by atoms with E-state index in [2.05, 4.69) is 5.32 Å². The molecule has 0 aliphatic heterocycles. The van der Waals surface area contributed by atoms with Crippen molar-refractivity contribution in [3.63, 3.8) is 0 Å². The number of esters is 1. The lowest BCUT2D eigenvalue weighted by molar-refractivity contribution is -0.119. The number of ether oxygens (including phenoxy) is 1. The monoisotopic (exact) mass is 384 g/mol. The lowest BCUT2D eigenvalue weighted by Gasteiger charge is -2.10. The highest BCUT2D eigenvalue weighted by atomic mass is 19.1. The number of hydrogen-bond acceptors (Lipinski definition) is 3. The lowest BCUT2D eigenvalue weighted by Crippen LogP contribution is -2.21. The molecule has 2 aromatic carbocycles. The quantitative estimate of drug-likeness (QED) is 0.672. The summed E-state index contributed by atoms with van der Waals surface area (Å²) < 4.78 is 33.4. The molecule has 5 nitrogen and oxygen atoms in total. The Hall–Kier alpha value is -3.48. The molecule has 0 radical (unpaired) electrons. The van der Waals surface area contributed by atoms with Crippen molar-refractivity contribution in [3.8, 4) is 5.69 Å². The Kier molecular flexibility index (Phi) is 5.54. The van der Waals surface area contributed by atoms with Crippen LogP contribution in [-0.2, 0) is 9.53 Å². The largest absolute Gasteiger partial charge is 0.452 e. The first-order valence-electron chi connectivity index (χ1n) is 8.53. The van der Waals surface area contributed by atoms with Gasteiger partial charge in [-0.2, -0.15) is 0 Å². The van der Waals surface area contributed by atoms with Crippen LogP contribution < -0.4 is 5.32 Å². The van der Waals surface area contributed by atoms with Gasteiger partial charge < -0.3 is 14.6 Å². The van der Waals surface area contributed by atoms with Gasteiger partial charge >= 0.3 is 5.97 Å². The summed E-state index contributed by atoms with van der Waals surface area (Å²) in [5.41, 5.74) is 2.57. The van der Waals surface area contributed by atoms with Crippen LogP contribution in [0.3, 0.4) is 0 Å². The van der Waals surface area contributed by atoms with Crippen LogP contribution in [0.2, 0.25) is 0 Å². The number of rotatable bonds is 5. The summed E-state index contributed by atoms with van der Waals surface area (Å²) in [6.07, 6.45) is 0. The van der Waals surface area contributed by atoms with Gasteiger partial charge in [-0.3, -0.25) is 4.79 Å². The topological polar surface area (TPSA) is 60.3 Å². The summed E-state index contributed by atoms with van der Waals surface area (Å²) in [6.45, 7) is 3.05. The maximum atomic E-state index is 13.6. The van der Waals surface area contributed by atoms with Gasteiger partial charge in [-0.1, -0.05) is 18.2 Å². The fraction of sp³-hybridized carbons (Fsp3) is 0.143. The van der Waals surface area contributed by atoms with Gasteiger partial charge in [-0.05, 0) is 44.2 Å². The van der Waals surface area contributed by atoms with Gasteiger partial charge in [0.2, 0.25) is 0 Å². The number of para-hydroxylation sites is 1. The Morgan fingerprint density at radius 1 is 1.04 bits per heavy atom. The average molecular weight is 384 g/mol. The van der Waals surface area contributed by atoms with Gasteiger partial charge in [-0.25, -0.2) is 13.6 Å². The van der Waals surface area contributed by atoms with E-state index < -0.39 is 30.1 Å². The van der Waals surface area contributed by atoms with Crippen molar-refractivity contribution in [3.05, 3.63) is 83.2 Å². The predicted molar refractivity (Wildman–Crippen MR) is 101 cm³/mol. The highest BCUT2D eigenvalue weighted by Crippen LogP contribution is 2.21.